The zero-order valence-electron chi connectivity index (χ0n) is 8.72. The van der Waals surface area contributed by atoms with Gasteiger partial charge < -0.3 is 10.3 Å². The van der Waals surface area contributed by atoms with E-state index in [4.69, 9.17) is 0 Å². The van der Waals surface area contributed by atoms with Crippen LogP contribution in [0.25, 0.3) is 0 Å². The van der Waals surface area contributed by atoms with Crippen molar-refractivity contribution in [3.63, 3.8) is 0 Å². The minimum absolute atomic E-state index is 0.774. The Morgan fingerprint density at radius 1 is 1.54 bits per heavy atom. The third-order valence-electron chi connectivity index (χ3n) is 1.97. The normalized spacial score (nSPS) is 11.1. The van der Waals surface area contributed by atoms with Gasteiger partial charge in [0.1, 0.15) is 5.82 Å². The number of aryl methyl sites for hydroxylation is 1. The Bertz CT molecular complexity index is 240. The zero-order valence-corrected chi connectivity index (χ0v) is 8.72. The van der Waals surface area contributed by atoms with E-state index < -0.39 is 0 Å². The van der Waals surface area contributed by atoms with Crippen LogP contribution in [0.15, 0.2) is 6.20 Å². The first kappa shape index (κ1) is 10.3. The summed E-state index contributed by atoms with van der Waals surface area (Å²) in [5, 5.41) is 3.38. The van der Waals surface area contributed by atoms with Crippen LogP contribution < -0.4 is 5.32 Å². The van der Waals surface area contributed by atoms with Crippen molar-refractivity contribution in [2.24, 2.45) is 5.92 Å². The number of nitrogens with zero attached hydrogens (tertiary/aromatic N) is 1. The lowest BCUT2D eigenvalue weighted by Gasteiger charge is -2.05. The summed E-state index contributed by atoms with van der Waals surface area (Å²) in [6.07, 6.45) is 3.12. The van der Waals surface area contributed by atoms with Crippen LogP contribution in [-0.4, -0.2) is 16.5 Å². The topological polar surface area (TPSA) is 40.7 Å². The number of nitrogens with one attached hydrogen (secondary N) is 2. The summed E-state index contributed by atoms with van der Waals surface area (Å²) in [6.45, 7) is 8.42. The van der Waals surface area contributed by atoms with Gasteiger partial charge in [-0.15, -0.1) is 0 Å². The first-order valence-electron chi connectivity index (χ1n) is 4.89. The molecule has 0 amide bonds. The van der Waals surface area contributed by atoms with Crippen LogP contribution in [0.3, 0.4) is 0 Å². The van der Waals surface area contributed by atoms with Gasteiger partial charge in [-0.25, -0.2) is 4.98 Å². The number of rotatable bonds is 5. The number of hydrogen-bond donors (Lipinski definition) is 2. The van der Waals surface area contributed by atoms with Gasteiger partial charge in [-0.1, -0.05) is 13.8 Å². The highest BCUT2D eigenvalue weighted by Gasteiger charge is 1.96. The molecule has 0 atom stereocenters. The van der Waals surface area contributed by atoms with Crippen LogP contribution in [0.4, 0.5) is 0 Å². The predicted molar refractivity (Wildman–Crippen MR) is 54.5 cm³/mol. The molecule has 0 radical (unpaired) electrons. The second-order valence-corrected chi connectivity index (χ2v) is 3.85. The Morgan fingerprint density at radius 2 is 2.31 bits per heavy atom. The fraction of sp³-hybridized carbons (Fsp3) is 0.700. The van der Waals surface area contributed by atoms with Gasteiger partial charge in [-0.3, -0.25) is 0 Å². The maximum absolute atomic E-state index is 4.13. The van der Waals surface area contributed by atoms with Gasteiger partial charge in [-0.2, -0.15) is 0 Å². The lowest BCUT2D eigenvalue weighted by atomic mass is 10.1. The quantitative estimate of drug-likeness (QED) is 0.681. The van der Waals surface area contributed by atoms with Crippen molar-refractivity contribution >= 4 is 0 Å². The molecular weight excluding hydrogens is 162 g/mol. The summed E-state index contributed by atoms with van der Waals surface area (Å²) in [4.78, 5) is 7.33. The maximum atomic E-state index is 4.13. The highest BCUT2D eigenvalue weighted by Crippen LogP contribution is 1.98. The Labute approximate surface area is 80.0 Å². The van der Waals surface area contributed by atoms with Crippen molar-refractivity contribution in [1.82, 2.24) is 15.3 Å². The van der Waals surface area contributed by atoms with Crippen molar-refractivity contribution in [3.8, 4) is 0 Å². The van der Waals surface area contributed by atoms with Gasteiger partial charge in [0.15, 0.2) is 0 Å². The van der Waals surface area contributed by atoms with Crippen molar-refractivity contribution in [3.05, 3.63) is 17.7 Å². The van der Waals surface area contributed by atoms with Crippen LogP contribution in [-0.2, 0) is 6.54 Å². The molecule has 0 spiro atoms. The largest absolute Gasteiger partial charge is 0.345 e. The van der Waals surface area contributed by atoms with Crippen LogP contribution in [0.5, 0.6) is 0 Å². The Morgan fingerprint density at radius 3 is 2.85 bits per heavy atom. The maximum Gasteiger partial charge on any atom is 0.103 e. The SMILES string of the molecule is Cc1ncc(CNCCC(C)C)[nH]1. The van der Waals surface area contributed by atoms with E-state index in [1.54, 1.807) is 0 Å². The van der Waals surface area contributed by atoms with Crippen molar-refractivity contribution in [1.29, 1.82) is 0 Å². The molecule has 0 saturated heterocycles. The van der Waals surface area contributed by atoms with E-state index in [1.165, 1.54) is 12.1 Å². The molecule has 0 aliphatic rings. The van der Waals surface area contributed by atoms with Gasteiger partial charge in [0.25, 0.3) is 0 Å². The standard InChI is InChI=1S/C10H19N3/c1-8(2)4-5-11-6-10-7-12-9(3)13-10/h7-8,11H,4-6H2,1-3H3,(H,12,13). The minimum Gasteiger partial charge on any atom is -0.345 e. The molecule has 0 unspecified atom stereocenters. The smallest absolute Gasteiger partial charge is 0.103 e. The van der Waals surface area contributed by atoms with Crippen LogP contribution >= 0.6 is 0 Å². The molecule has 74 valence electrons. The molecule has 3 nitrogen and oxygen atoms in total. The molecule has 0 aliphatic carbocycles. The summed E-state index contributed by atoms with van der Waals surface area (Å²) >= 11 is 0. The summed E-state index contributed by atoms with van der Waals surface area (Å²) in [6, 6.07) is 0. The monoisotopic (exact) mass is 181 g/mol. The molecule has 0 fully saturated rings. The number of imidazole rings is 1. The molecule has 13 heavy (non-hydrogen) atoms. The summed E-state index contributed by atoms with van der Waals surface area (Å²) < 4.78 is 0. The molecule has 0 saturated carbocycles. The molecular formula is C10H19N3. The number of aromatic nitrogens is 2. The molecule has 0 bridgehead atoms. The number of aromatic amines is 1. The number of H-pyrrole nitrogens is 1. The molecule has 1 aromatic rings. The van der Waals surface area contributed by atoms with Crippen molar-refractivity contribution in [2.45, 2.75) is 33.7 Å². The average Bonchev–Trinajstić information content (AvgIpc) is 2.45. The zero-order chi connectivity index (χ0) is 9.68. The van der Waals surface area contributed by atoms with E-state index in [-0.39, 0.29) is 0 Å². The molecule has 1 heterocycles. The van der Waals surface area contributed by atoms with E-state index in [2.05, 4.69) is 29.1 Å². The van der Waals surface area contributed by atoms with Gasteiger partial charge in [-0.05, 0) is 25.8 Å². The first-order valence-corrected chi connectivity index (χ1v) is 4.89. The van der Waals surface area contributed by atoms with Gasteiger partial charge in [0.2, 0.25) is 0 Å². The molecule has 0 aromatic carbocycles. The molecule has 1 rings (SSSR count). The van der Waals surface area contributed by atoms with Gasteiger partial charge in [0, 0.05) is 18.4 Å². The average molecular weight is 181 g/mol. The third kappa shape index (κ3) is 4.08. The highest BCUT2D eigenvalue weighted by atomic mass is 14.9. The second-order valence-electron chi connectivity index (χ2n) is 3.85. The fourth-order valence-electron chi connectivity index (χ4n) is 1.18. The third-order valence-corrected chi connectivity index (χ3v) is 1.97. The van der Waals surface area contributed by atoms with Crippen LogP contribution in [0.2, 0.25) is 0 Å². The predicted octanol–water partition coefficient (Wildman–Crippen LogP) is 1.85. The van der Waals surface area contributed by atoms with Crippen LogP contribution in [0.1, 0.15) is 31.8 Å². The number of hydrogen-bond acceptors (Lipinski definition) is 2. The van der Waals surface area contributed by atoms with Gasteiger partial charge >= 0.3 is 0 Å². The van der Waals surface area contributed by atoms with E-state index in [0.29, 0.717) is 0 Å². The van der Waals surface area contributed by atoms with Gasteiger partial charge in [0.05, 0.1) is 0 Å². The first-order chi connectivity index (χ1) is 6.18. The van der Waals surface area contributed by atoms with Crippen LogP contribution in [0, 0.1) is 12.8 Å². The van der Waals surface area contributed by atoms with Crippen molar-refractivity contribution < 1.29 is 0 Å². The molecule has 0 aliphatic heterocycles. The second kappa shape index (κ2) is 5.02. The molecule has 3 heteroatoms. The van der Waals surface area contributed by atoms with E-state index in [1.807, 2.05) is 13.1 Å². The van der Waals surface area contributed by atoms with E-state index in [9.17, 15) is 0 Å². The Balaban J connectivity index is 2.13. The summed E-state index contributed by atoms with van der Waals surface area (Å²) in [5.74, 6) is 1.76. The Hall–Kier alpha value is -0.830. The van der Waals surface area contributed by atoms with Crippen molar-refractivity contribution in [2.75, 3.05) is 6.54 Å². The lowest BCUT2D eigenvalue weighted by Crippen LogP contribution is -2.16. The van der Waals surface area contributed by atoms with E-state index in [0.717, 1.165) is 24.8 Å². The lowest BCUT2D eigenvalue weighted by molar-refractivity contribution is 0.535. The summed E-state index contributed by atoms with van der Waals surface area (Å²) in [7, 11) is 0. The Kier molecular flexibility index (Phi) is 3.96. The highest BCUT2D eigenvalue weighted by molar-refractivity contribution is 4.98. The summed E-state index contributed by atoms with van der Waals surface area (Å²) in [5.41, 5.74) is 1.17. The molecule has 2 N–H and O–H groups in total. The van der Waals surface area contributed by atoms with E-state index >= 15 is 0 Å². The fourth-order valence-corrected chi connectivity index (χ4v) is 1.18. The molecule has 1 aromatic heterocycles. The minimum atomic E-state index is 0.774.